The summed E-state index contributed by atoms with van der Waals surface area (Å²) in [6.07, 6.45) is 2.24. The first-order chi connectivity index (χ1) is 13.2. The van der Waals surface area contributed by atoms with E-state index in [4.69, 9.17) is 14.2 Å². The molecule has 3 aromatic rings. The van der Waals surface area contributed by atoms with Crippen LogP contribution in [0.4, 0.5) is 5.69 Å². The number of pyridine rings is 1. The van der Waals surface area contributed by atoms with Crippen LogP contribution in [0.5, 0.6) is 17.2 Å². The van der Waals surface area contributed by atoms with Gasteiger partial charge >= 0.3 is 0 Å². The highest BCUT2D eigenvalue weighted by Crippen LogP contribution is 2.33. The third-order valence-electron chi connectivity index (χ3n) is 3.78. The third kappa shape index (κ3) is 4.32. The van der Waals surface area contributed by atoms with E-state index in [0.29, 0.717) is 59.0 Å². The highest BCUT2D eigenvalue weighted by Gasteiger charge is 2.11. The van der Waals surface area contributed by atoms with Gasteiger partial charge in [-0.3, -0.25) is 9.78 Å². The molecule has 0 aliphatic heterocycles. The Hall–Kier alpha value is -3.63. The van der Waals surface area contributed by atoms with Crippen LogP contribution in [0, 0.1) is 11.3 Å². The Labute approximate surface area is 156 Å². The molecule has 1 amide bonds. The lowest BCUT2D eigenvalue weighted by atomic mass is 10.1. The number of methoxy groups -OCH3 is 1. The summed E-state index contributed by atoms with van der Waals surface area (Å²) < 4.78 is 16.5. The Morgan fingerprint density at radius 3 is 2.67 bits per heavy atom. The molecule has 0 radical (unpaired) electrons. The summed E-state index contributed by atoms with van der Waals surface area (Å²) in [5.74, 6) is 1.62. The predicted molar refractivity (Wildman–Crippen MR) is 100 cm³/mol. The topological polar surface area (TPSA) is 93.5 Å². The number of carbonyl (C=O) groups excluding carboxylic acids is 1. The summed E-state index contributed by atoms with van der Waals surface area (Å²) in [6, 6.07) is 14.2. The molecule has 136 valence electrons. The molecule has 0 spiro atoms. The van der Waals surface area contributed by atoms with Crippen molar-refractivity contribution < 1.29 is 19.0 Å². The Morgan fingerprint density at radius 2 is 1.96 bits per heavy atom. The second-order valence-electron chi connectivity index (χ2n) is 5.52. The largest absolute Gasteiger partial charge is 0.490 e. The molecule has 0 atom stereocenters. The summed E-state index contributed by atoms with van der Waals surface area (Å²) in [5, 5.41) is 12.7. The van der Waals surface area contributed by atoms with Crippen LogP contribution in [0.3, 0.4) is 0 Å². The monoisotopic (exact) mass is 363 g/mol. The maximum atomic E-state index is 10.5. The van der Waals surface area contributed by atoms with Crippen LogP contribution in [0.25, 0.3) is 10.9 Å². The number of nitriles is 1. The van der Waals surface area contributed by atoms with Crippen molar-refractivity contribution in [1.82, 2.24) is 4.98 Å². The fourth-order valence-electron chi connectivity index (χ4n) is 2.49. The first-order valence-electron chi connectivity index (χ1n) is 8.18. The van der Waals surface area contributed by atoms with Gasteiger partial charge in [-0.1, -0.05) is 0 Å². The van der Waals surface area contributed by atoms with E-state index in [9.17, 15) is 10.1 Å². The highest BCUT2D eigenvalue weighted by atomic mass is 16.5. The fourth-order valence-corrected chi connectivity index (χ4v) is 2.49. The van der Waals surface area contributed by atoms with Gasteiger partial charge < -0.3 is 19.5 Å². The number of nitrogens with zero attached hydrogens (tertiary/aromatic N) is 2. The van der Waals surface area contributed by atoms with Crippen molar-refractivity contribution in [2.24, 2.45) is 0 Å². The standard InChI is InChI=1S/C20H17N3O4/c1-25-8-9-26-20-11-18-17(10-14(20)12-21)19(6-7-22-18)27-16-4-2-15(3-5-16)23-13-24/h2-7,10-11,13H,8-9H2,1H3,(H,23,24). The van der Waals surface area contributed by atoms with Crippen LogP contribution in [0.1, 0.15) is 5.56 Å². The lowest BCUT2D eigenvalue weighted by Gasteiger charge is -2.12. The van der Waals surface area contributed by atoms with Crippen LogP contribution >= 0.6 is 0 Å². The van der Waals surface area contributed by atoms with Crippen molar-refractivity contribution >= 4 is 23.0 Å². The van der Waals surface area contributed by atoms with E-state index in [1.807, 2.05) is 0 Å². The Kier molecular flexibility index (Phi) is 5.82. The summed E-state index contributed by atoms with van der Waals surface area (Å²) in [7, 11) is 1.58. The first-order valence-corrected chi connectivity index (χ1v) is 8.18. The minimum atomic E-state index is 0.341. The number of hydrogen-bond donors (Lipinski definition) is 1. The average Bonchev–Trinajstić information content (AvgIpc) is 2.69. The molecule has 1 heterocycles. The van der Waals surface area contributed by atoms with Gasteiger partial charge in [-0.15, -0.1) is 0 Å². The van der Waals surface area contributed by atoms with Gasteiger partial charge in [-0.05, 0) is 36.4 Å². The molecule has 0 fully saturated rings. The molecular weight excluding hydrogens is 346 g/mol. The van der Waals surface area contributed by atoms with E-state index >= 15 is 0 Å². The van der Waals surface area contributed by atoms with E-state index < -0.39 is 0 Å². The average molecular weight is 363 g/mol. The van der Waals surface area contributed by atoms with Gasteiger partial charge in [-0.25, -0.2) is 0 Å². The van der Waals surface area contributed by atoms with Crippen LogP contribution < -0.4 is 14.8 Å². The van der Waals surface area contributed by atoms with Gasteiger partial charge in [0.25, 0.3) is 0 Å². The predicted octanol–water partition coefficient (Wildman–Crippen LogP) is 3.49. The number of aromatic nitrogens is 1. The molecule has 1 aromatic heterocycles. The number of ether oxygens (including phenoxy) is 3. The number of hydrogen-bond acceptors (Lipinski definition) is 6. The molecular formula is C20H17N3O4. The Balaban J connectivity index is 1.91. The van der Waals surface area contributed by atoms with Gasteiger partial charge in [0.2, 0.25) is 6.41 Å². The van der Waals surface area contributed by atoms with Gasteiger partial charge in [0.15, 0.2) is 0 Å². The minimum Gasteiger partial charge on any atom is -0.490 e. The van der Waals surface area contributed by atoms with Gasteiger partial charge in [0.1, 0.15) is 29.9 Å². The summed E-state index contributed by atoms with van der Waals surface area (Å²) in [6.45, 7) is 0.766. The van der Waals surface area contributed by atoms with Crippen molar-refractivity contribution in [2.75, 3.05) is 25.6 Å². The van der Waals surface area contributed by atoms with Crippen molar-refractivity contribution in [3.63, 3.8) is 0 Å². The quantitative estimate of drug-likeness (QED) is 0.486. The summed E-state index contributed by atoms with van der Waals surface area (Å²) in [4.78, 5) is 14.8. The van der Waals surface area contributed by atoms with Crippen LogP contribution in [0.2, 0.25) is 0 Å². The molecule has 0 saturated heterocycles. The normalized spacial score (nSPS) is 10.2. The maximum absolute atomic E-state index is 10.5. The fraction of sp³-hybridized carbons (Fsp3) is 0.150. The minimum absolute atomic E-state index is 0.341. The SMILES string of the molecule is COCCOc1cc2nccc(Oc3ccc(NC=O)cc3)c2cc1C#N. The second-order valence-corrected chi connectivity index (χ2v) is 5.52. The lowest BCUT2D eigenvalue weighted by molar-refractivity contribution is -0.105. The molecule has 0 aliphatic rings. The number of benzene rings is 2. The zero-order valence-electron chi connectivity index (χ0n) is 14.6. The number of amides is 1. The number of fused-ring (bicyclic) bond motifs is 1. The van der Waals surface area contributed by atoms with E-state index in [-0.39, 0.29) is 0 Å². The zero-order chi connectivity index (χ0) is 19.1. The highest BCUT2D eigenvalue weighted by molar-refractivity contribution is 5.88. The molecule has 0 unspecified atom stereocenters. The van der Waals surface area contributed by atoms with E-state index in [0.717, 1.165) is 0 Å². The molecule has 0 bridgehead atoms. The van der Waals surface area contributed by atoms with Crippen LogP contribution in [-0.4, -0.2) is 31.7 Å². The van der Waals surface area contributed by atoms with E-state index in [1.165, 1.54) is 0 Å². The van der Waals surface area contributed by atoms with Crippen LogP contribution in [-0.2, 0) is 9.53 Å². The Morgan fingerprint density at radius 1 is 1.15 bits per heavy atom. The number of carbonyl (C=O) groups is 1. The first kappa shape index (κ1) is 18.2. The summed E-state index contributed by atoms with van der Waals surface area (Å²) in [5.41, 5.74) is 1.71. The molecule has 27 heavy (non-hydrogen) atoms. The molecule has 0 aliphatic carbocycles. The Bertz CT molecular complexity index is 981. The number of nitrogens with one attached hydrogen (secondary N) is 1. The third-order valence-corrected chi connectivity index (χ3v) is 3.78. The zero-order valence-corrected chi connectivity index (χ0v) is 14.6. The van der Waals surface area contributed by atoms with Gasteiger partial charge in [-0.2, -0.15) is 5.26 Å². The number of rotatable bonds is 8. The van der Waals surface area contributed by atoms with Crippen LogP contribution in [0.15, 0.2) is 48.7 Å². The van der Waals surface area contributed by atoms with Crippen molar-refractivity contribution in [3.05, 3.63) is 54.2 Å². The van der Waals surface area contributed by atoms with E-state index in [1.54, 1.807) is 55.8 Å². The number of anilines is 1. The smallest absolute Gasteiger partial charge is 0.211 e. The molecule has 0 saturated carbocycles. The maximum Gasteiger partial charge on any atom is 0.211 e. The van der Waals surface area contributed by atoms with Crippen molar-refractivity contribution in [2.45, 2.75) is 0 Å². The second kappa shape index (κ2) is 8.65. The van der Waals surface area contributed by atoms with Gasteiger partial charge in [0.05, 0.1) is 17.7 Å². The molecule has 3 rings (SSSR count). The molecule has 1 N–H and O–H groups in total. The van der Waals surface area contributed by atoms with Crippen molar-refractivity contribution in [1.29, 1.82) is 5.26 Å². The molecule has 7 heteroatoms. The molecule has 2 aromatic carbocycles. The van der Waals surface area contributed by atoms with E-state index in [2.05, 4.69) is 16.4 Å². The summed E-state index contributed by atoms with van der Waals surface area (Å²) >= 11 is 0. The lowest BCUT2D eigenvalue weighted by Crippen LogP contribution is -2.05. The van der Waals surface area contributed by atoms with Gasteiger partial charge in [0, 0.05) is 30.4 Å². The van der Waals surface area contributed by atoms with Crippen molar-refractivity contribution in [3.8, 4) is 23.3 Å². The molecule has 7 nitrogen and oxygen atoms in total.